The molecule has 10 nitrogen and oxygen atoms in total. The van der Waals surface area contributed by atoms with E-state index in [4.69, 9.17) is 9.15 Å². The molecule has 0 saturated carbocycles. The van der Waals surface area contributed by atoms with Crippen molar-refractivity contribution in [2.24, 2.45) is 5.10 Å². The average Bonchev–Trinajstić information content (AvgIpc) is 2.91. The number of amides is 3. The number of fused-ring (bicyclic) bond motifs is 1. The van der Waals surface area contributed by atoms with Gasteiger partial charge in [0.25, 0.3) is 5.91 Å². The fourth-order valence-corrected chi connectivity index (χ4v) is 3.36. The SMILES string of the molecule is CCOc1ccc(NC(=O)c2ccccc2NC(=O)C(=O)NN=Cc2coc3ccccc3c2=O)cc1. The van der Waals surface area contributed by atoms with Gasteiger partial charge in [-0.2, -0.15) is 5.10 Å². The van der Waals surface area contributed by atoms with E-state index in [0.717, 1.165) is 6.21 Å². The van der Waals surface area contributed by atoms with E-state index in [9.17, 15) is 19.2 Å². The second kappa shape index (κ2) is 11.5. The first-order valence-electron chi connectivity index (χ1n) is 11.2. The zero-order valence-corrected chi connectivity index (χ0v) is 19.7. The topological polar surface area (TPSA) is 139 Å². The normalized spacial score (nSPS) is 10.7. The highest BCUT2D eigenvalue weighted by Gasteiger charge is 2.18. The van der Waals surface area contributed by atoms with Gasteiger partial charge >= 0.3 is 11.8 Å². The second-order valence-corrected chi connectivity index (χ2v) is 7.63. The number of nitrogens with zero attached hydrogens (tertiary/aromatic N) is 1. The third-order valence-corrected chi connectivity index (χ3v) is 5.13. The molecule has 0 atom stereocenters. The van der Waals surface area contributed by atoms with Crippen LogP contribution in [0.2, 0.25) is 0 Å². The highest BCUT2D eigenvalue weighted by atomic mass is 16.5. The van der Waals surface area contributed by atoms with Crippen molar-refractivity contribution in [2.45, 2.75) is 6.92 Å². The van der Waals surface area contributed by atoms with Crippen LogP contribution in [0.5, 0.6) is 5.75 Å². The van der Waals surface area contributed by atoms with Gasteiger partial charge in [0.1, 0.15) is 17.6 Å². The monoisotopic (exact) mass is 498 g/mol. The predicted octanol–water partition coefficient (Wildman–Crippen LogP) is 3.53. The first kappa shape index (κ1) is 24.9. The summed E-state index contributed by atoms with van der Waals surface area (Å²) in [6, 6.07) is 19.7. The maximum absolute atomic E-state index is 12.8. The summed E-state index contributed by atoms with van der Waals surface area (Å²) in [7, 11) is 0. The van der Waals surface area contributed by atoms with Crippen LogP contribution in [0.15, 0.2) is 93.4 Å². The molecule has 0 unspecified atom stereocenters. The van der Waals surface area contributed by atoms with Crippen LogP contribution in [0.1, 0.15) is 22.8 Å². The van der Waals surface area contributed by atoms with E-state index in [-0.39, 0.29) is 22.2 Å². The van der Waals surface area contributed by atoms with E-state index in [1.165, 1.54) is 18.4 Å². The summed E-state index contributed by atoms with van der Waals surface area (Å²) in [5.74, 6) is -1.96. The molecule has 3 amide bonds. The lowest BCUT2D eigenvalue weighted by molar-refractivity contribution is -0.136. The number of hydrogen-bond donors (Lipinski definition) is 3. The summed E-state index contributed by atoms with van der Waals surface area (Å²) in [6.45, 7) is 2.40. The highest BCUT2D eigenvalue weighted by molar-refractivity contribution is 6.40. The summed E-state index contributed by atoms with van der Waals surface area (Å²) in [4.78, 5) is 49.9. The Labute approximate surface area is 210 Å². The number of rotatable bonds is 7. The van der Waals surface area contributed by atoms with Crippen molar-refractivity contribution >= 4 is 46.3 Å². The Morgan fingerprint density at radius 1 is 0.919 bits per heavy atom. The van der Waals surface area contributed by atoms with Crippen LogP contribution in [0.3, 0.4) is 0 Å². The maximum Gasteiger partial charge on any atom is 0.329 e. The van der Waals surface area contributed by atoms with Gasteiger partial charge in [0.2, 0.25) is 5.43 Å². The standard InChI is InChI=1S/C27H22N4O6/c1-2-36-19-13-11-18(12-14-19)29-25(33)20-7-3-5-9-22(20)30-26(34)27(35)31-28-15-17-16-37-23-10-6-4-8-21(23)24(17)32/h3-16H,2H2,1H3,(H,29,33)(H,30,34)(H,31,35). The lowest BCUT2D eigenvalue weighted by Gasteiger charge is -2.11. The third kappa shape index (κ3) is 6.06. The van der Waals surface area contributed by atoms with E-state index in [0.29, 0.717) is 29.0 Å². The molecular weight excluding hydrogens is 476 g/mol. The molecule has 0 saturated heterocycles. The Kier molecular flexibility index (Phi) is 7.69. The first-order chi connectivity index (χ1) is 18.0. The van der Waals surface area contributed by atoms with Gasteiger partial charge in [-0.3, -0.25) is 19.2 Å². The smallest absolute Gasteiger partial charge is 0.329 e. The molecule has 0 fully saturated rings. The number of carbonyl (C=O) groups excluding carboxylic acids is 3. The van der Waals surface area contributed by atoms with Gasteiger partial charge in [-0.05, 0) is 55.5 Å². The summed E-state index contributed by atoms with van der Waals surface area (Å²) in [6.07, 6.45) is 2.29. The maximum atomic E-state index is 12.8. The average molecular weight is 498 g/mol. The number of benzene rings is 3. The first-order valence-corrected chi connectivity index (χ1v) is 11.2. The van der Waals surface area contributed by atoms with Gasteiger partial charge in [0.05, 0.1) is 35.0 Å². The summed E-state index contributed by atoms with van der Waals surface area (Å²) >= 11 is 0. The van der Waals surface area contributed by atoms with E-state index < -0.39 is 17.7 Å². The van der Waals surface area contributed by atoms with Crippen molar-refractivity contribution in [3.05, 3.63) is 100 Å². The number of hydrazone groups is 1. The van der Waals surface area contributed by atoms with Crippen LogP contribution in [0.25, 0.3) is 11.0 Å². The molecule has 1 heterocycles. The molecule has 0 radical (unpaired) electrons. The van der Waals surface area contributed by atoms with Crippen molar-refractivity contribution in [2.75, 3.05) is 17.2 Å². The number of hydrogen-bond acceptors (Lipinski definition) is 7. The number of carbonyl (C=O) groups is 3. The van der Waals surface area contributed by atoms with Crippen molar-refractivity contribution < 1.29 is 23.5 Å². The summed E-state index contributed by atoms with van der Waals surface area (Å²) in [5.41, 5.74) is 3.03. The molecule has 0 aliphatic carbocycles. The van der Waals surface area contributed by atoms with Crippen molar-refractivity contribution in [1.29, 1.82) is 0 Å². The minimum atomic E-state index is -1.09. The molecule has 3 N–H and O–H groups in total. The molecule has 4 aromatic rings. The molecule has 4 rings (SSSR count). The van der Waals surface area contributed by atoms with Gasteiger partial charge in [0.15, 0.2) is 0 Å². The van der Waals surface area contributed by atoms with Crippen LogP contribution >= 0.6 is 0 Å². The van der Waals surface area contributed by atoms with Crippen LogP contribution < -0.4 is 26.2 Å². The molecule has 186 valence electrons. The molecule has 0 aliphatic rings. The number of ether oxygens (including phenoxy) is 1. The van der Waals surface area contributed by atoms with Gasteiger partial charge < -0.3 is 19.8 Å². The second-order valence-electron chi connectivity index (χ2n) is 7.63. The van der Waals surface area contributed by atoms with Gasteiger partial charge in [0, 0.05) is 5.69 Å². The van der Waals surface area contributed by atoms with Gasteiger partial charge in [-0.25, -0.2) is 5.43 Å². The van der Waals surface area contributed by atoms with Crippen LogP contribution in [0.4, 0.5) is 11.4 Å². The minimum absolute atomic E-state index is 0.0933. The summed E-state index contributed by atoms with van der Waals surface area (Å²) < 4.78 is 10.8. The Morgan fingerprint density at radius 3 is 2.43 bits per heavy atom. The van der Waals surface area contributed by atoms with Gasteiger partial charge in [-0.15, -0.1) is 0 Å². The summed E-state index contributed by atoms with van der Waals surface area (Å²) in [5, 5.41) is 9.16. The van der Waals surface area contributed by atoms with E-state index in [1.807, 2.05) is 6.92 Å². The van der Waals surface area contributed by atoms with E-state index in [1.54, 1.807) is 60.7 Å². The molecule has 10 heteroatoms. The third-order valence-electron chi connectivity index (χ3n) is 5.13. The quantitative estimate of drug-likeness (QED) is 0.202. The number of nitrogens with one attached hydrogen (secondary N) is 3. The lowest BCUT2D eigenvalue weighted by Crippen LogP contribution is -2.33. The molecule has 0 aliphatic heterocycles. The number of para-hydroxylation sites is 2. The van der Waals surface area contributed by atoms with E-state index in [2.05, 4.69) is 21.2 Å². The Balaban J connectivity index is 1.39. The van der Waals surface area contributed by atoms with Crippen molar-refractivity contribution in [3.63, 3.8) is 0 Å². The van der Waals surface area contributed by atoms with Crippen LogP contribution in [0, 0.1) is 0 Å². The molecule has 0 spiro atoms. The Bertz CT molecular complexity index is 1540. The predicted molar refractivity (Wildman–Crippen MR) is 139 cm³/mol. The Morgan fingerprint density at radius 2 is 1.65 bits per heavy atom. The zero-order valence-electron chi connectivity index (χ0n) is 19.7. The fourth-order valence-electron chi connectivity index (χ4n) is 3.36. The van der Waals surface area contributed by atoms with Crippen molar-refractivity contribution in [3.8, 4) is 5.75 Å². The zero-order chi connectivity index (χ0) is 26.2. The Hall–Kier alpha value is -5.25. The molecule has 3 aromatic carbocycles. The molecule has 1 aromatic heterocycles. The van der Waals surface area contributed by atoms with E-state index >= 15 is 0 Å². The number of anilines is 2. The van der Waals surface area contributed by atoms with Crippen molar-refractivity contribution in [1.82, 2.24) is 5.43 Å². The minimum Gasteiger partial charge on any atom is -0.494 e. The molecule has 0 bridgehead atoms. The largest absolute Gasteiger partial charge is 0.494 e. The highest BCUT2D eigenvalue weighted by Crippen LogP contribution is 2.20. The lowest BCUT2D eigenvalue weighted by atomic mass is 10.1. The molecular formula is C27H22N4O6. The van der Waals surface area contributed by atoms with Crippen LogP contribution in [-0.2, 0) is 9.59 Å². The van der Waals surface area contributed by atoms with Crippen LogP contribution in [-0.4, -0.2) is 30.5 Å². The molecule has 37 heavy (non-hydrogen) atoms. The fraction of sp³-hybridized carbons (Fsp3) is 0.0741. The van der Waals surface area contributed by atoms with Gasteiger partial charge in [-0.1, -0.05) is 24.3 Å².